The molecule has 5 heteroatoms. The average molecular weight is 237 g/mol. The van der Waals surface area contributed by atoms with E-state index in [1.807, 2.05) is 19.1 Å². The van der Waals surface area contributed by atoms with Crippen molar-refractivity contribution in [3.8, 4) is 0 Å². The highest BCUT2D eigenvalue weighted by atomic mass is 16.4. The van der Waals surface area contributed by atoms with E-state index in [1.165, 1.54) is 4.90 Å². The van der Waals surface area contributed by atoms with Crippen molar-refractivity contribution >= 4 is 17.6 Å². The van der Waals surface area contributed by atoms with Crippen LogP contribution in [0.5, 0.6) is 0 Å². The van der Waals surface area contributed by atoms with Gasteiger partial charge in [-0.25, -0.2) is 4.79 Å². The Balaban J connectivity index is 2.91. The molecule has 0 aliphatic heterocycles. The number of carboxylic acid groups (broad SMARTS) is 2. The third-order valence-corrected chi connectivity index (χ3v) is 2.56. The minimum atomic E-state index is -1.14. The van der Waals surface area contributed by atoms with Gasteiger partial charge in [0.05, 0.1) is 6.42 Å². The molecule has 17 heavy (non-hydrogen) atoms. The van der Waals surface area contributed by atoms with E-state index < -0.39 is 24.4 Å². The van der Waals surface area contributed by atoms with E-state index in [-0.39, 0.29) is 0 Å². The van der Waals surface area contributed by atoms with E-state index in [9.17, 15) is 9.59 Å². The lowest BCUT2D eigenvalue weighted by molar-refractivity contribution is -0.145. The predicted molar refractivity (Wildman–Crippen MR) is 63.3 cm³/mol. The molecular formula is C12H15NO4. The van der Waals surface area contributed by atoms with E-state index in [4.69, 9.17) is 10.2 Å². The Hall–Kier alpha value is -2.04. The van der Waals surface area contributed by atoms with E-state index in [2.05, 4.69) is 0 Å². The minimum absolute atomic E-state index is 0.431. The molecule has 0 saturated heterocycles. The van der Waals surface area contributed by atoms with Gasteiger partial charge in [0.15, 0.2) is 0 Å². The van der Waals surface area contributed by atoms with Gasteiger partial charge in [0.1, 0.15) is 6.04 Å². The summed E-state index contributed by atoms with van der Waals surface area (Å²) in [5.41, 5.74) is 1.75. The molecule has 1 aromatic rings. The van der Waals surface area contributed by atoms with Crippen molar-refractivity contribution < 1.29 is 19.8 Å². The largest absolute Gasteiger partial charge is 0.481 e. The highest BCUT2D eigenvalue weighted by Gasteiger charge is 2.25. The van der Waals surface area contributed by atoms with E-state index in [0.29, 0.717) is 5.69 Å². The maximum atomic E-state index is 11.0. The van der Waals surface area contributed by atoms with Crippen LogP contribution in [0.4, 0.5) is 5.69 Å². The third-order valence-electron chi connectivity index (χ3n) is 2.56. The summed E-state index contributed by atoms with van der Waals surface area (Å²) >= 11 is 0. The van der Waals surface area contributed by atoms with Gasteiger partial charge in [-0.15, -0.1) is 0 Å². The van der Waals surface area contributed by atoms with Crippen LogP contribution >= 0.6 is 0 Å². The van der Waals surface area contributed by atoms with Gasteiger partial charge in [-0.05, 0) is 19.1 Å². The second-order valence-electron chi connectivity index (χ2n) is 3.90. The lowest BCUT2D eigenvalue weighted by Crippen LogP contribution is -2.40. The first-order valence-corrected chi connectivity index (χ1v) is 5.16. The summed E-state index contributed by atoms with van der Waals surface area (Å²) in [6, 6.07) is 6.19. The molecule has 92 valence electrons. The van der Waals surface area contributed by atoms with Crippen LogP contribution in [0, 0.1) is 6.92 Å². The number of nitrogens with zero attached hydrogens (tertiary/aromatic N) is 1. The number of aliphatic carboxylic acids is 2. The number of rotatable bonds is 5. The Labute approximate surface area is 99.3 Å². The van der Waals surface area contributed by atoms with Gasteiger partial charge in [-0.2, -0.15) is 0 Å². The molecule has 1 rings (SSSR count). The molecule has 0 saturated carbocycles. The number of hydrogen-bond acceptors (Lipinski definition) is 3. The molecule has 5 nitrogen and oxygen atoms in total. The van der Waals surface area contributed by atoms with Crippen LogP contribution in [-0.2, 0) is 9.59 Å². The van der Waals surface area contributed by atoms with E-state index in [1.54, 1.807) is 19.2 Å². The first kappa shape index (κ1) is 13.0. The Bertz CT molecular complexity index is 413. The van der Waals surface area contributed by atoms with Crippen LogP contribution in [0.15, 0.2) is 24.3 Å². The molecule has 1 atom stereocenters. The Morgan fingerprint density at radius 1 is 1.24 bits per heavy atom. The Morgan fingerprint density at radius 2 is 1.76 bits per heavy atom. The van der Waals surface area contributed by atoms with Crippen LogP contribution in [0.3, 0.4) is 0 Å². The summed E-state index contributed by atoms with van der Waals surface area (Å²) in [5, 5.41) is 17.7. The minimum Gasteiger partial charge on any atom is -0.481 e. The highest BCUT2D eigenvalue weighted by Crippen LogP contribution is 2.17. The van der Waals surface area contributed by atoms with Gasteiger partial charge in [-0.3, -0.25) is 4.79 Å². The maximum absolute atomic E-state index is 11.0. The summed E-state index contributed by atoms with van der Waals surface area (Å²) in [7, 11) is 1.58. The molecule has 1 aromatic carbocycles. The lowest BCUT2D eigenvalue weighted by Gasteiger charge is -2.25. The lowest BCUT2D eigenvalue weighted by atomic mass is 10.1. The SMILES string of the molecule is Cc1ccc(N(C)C(CC(=O)O)C(=O)O)cc1. The molecule has 0 aliphatic carbocycles. The topological polar surface area (TPSA) is 77.8 Å². The van der Waals surface area contributed by atoms with Crippen LogP contribution in [0.25, 0.3) is 0 Å². The smallest absolute Gasteiger partial charge is 0.326 e. The molecule has 0 amide bonds. The average Bonchev–Trinajstić information content (AvgIpc) is 2.25. The molecular weight excluding hydrogens is 222 g/mol. The second kappa shape index (κ2) is 5.34. The fourth-order valence-corrected chi connectivity index (χ4v) is 1.52. The molecule has 1 unspecified atom stereocenters. The van der Waals surface area contributed by atoms with Crippen LogP contribution in [-0.4, -0.2) is 35.2 Å². The van der Waals surface area contributed by atoms with Crippen molar-refractivity contribution in [1.29, 1.82) is 0 Å². The number of hydrogen-bond donors (Lipinski definition) is 2. The van der Waals surface area contributed by atoms with E-state index >= 15 is 0 Å². The quantitative estimate of drug-likeness (QED) is 0.808. The van der Waals surface area contributed by atoms with Crippen LogP contribution in [0.2, 0.25) is 0 Å². The molecule has 2 N–H and O–H groups in total. The zero-order chi connectivity index (χ0) is 13.0. The van der Waals surface area contributed by atoms with Crippen LogP contribution in [0.1, 0.15) is 12.0 Å². The fourth-order valence-electron chi connectivity index (χ4n) is 1.52. The summed E-state index contributed by atoms with van der Waals surface area (Å²) < 4.78 is 0. The number of anilines is 1. The normalized spacial score (nSPS) is 11.9. The van der Waals surface area contributed by atoms with Crippen molar-refractivity contribution in [3.63, 3.8) is 0 Å². The zero-order valence-corrected chi connectivity index (χ0v) is 9.75. The predicted octanol–water partition coefficient (Wildman–Crippen LogP) is 1.36. The maximum Gasteiger partial charge on any atom is 0.326 e. The van der Waals surface area contributed by atoms with Gasteiger partial charge >= 0.3 is 11.9 Å². The van der Waals surface area contributed by atoms with Gasteiger partial charge in [0.25, 0.3) is 0 Å². The number of likely N-dealkylation sites (N-methyl/N-ethyl adjacent to an activating group) is 1. The van der Waals surface area contributed by atoms with Gasteiger partial charge in [0, 0.05) is 12.7 Å². The third kappa shape index (κ3) is 3.48. The van der Waals surface area contributed by atoms with Crippen LogP contribution < -0.4 is 4.90 Å². The van der Waals surface area contributed by atoms with Crippen molar-refractivity contribution in [3.05, 3.63) is 29.8 Å². The second-order valence-corrected chi connectivity index (χ2v) is 3.90. The monoisotopic (exact) mass is 237 g/mol. The Morgan fingerprint density at radius 3 is 2.18 bits per heavy atom. The van der Waals surface area contributed by atoms with Crippen molar-refractivity contribution in [2.45, 2.75) is 19.4 Å². The van der Waals surface area contributed by atoms with Crippen molar-refractivity contribution in [2.24, 2.45) is 0 Å². The molecule has 0 heterocycles. The molecule has 0 fully saturated rings. The summed E-state index contributed by atoms with van der Waals surface area (Å²) in [5.74, 6) is -2.27. The molecule has 0 aromatic heterocycles. The summed E-state index contributed by atoms with van der Waals surface area (Å²) in [4.78, 5) is 23.1. The molecule has 0 bridgehead atoms. The molecule has 0 aliphatic rings. The molecule has 0 radical (unpaired) electrons. The fraction of sp³-hybridized carbons (Fsp3) is 0.333. The number of benzene rings is 1. The first-order chi connectivity index (χ1) is 7.91. The van der Waals surface area contributed by atoms with Gasteiger partial charge in [0.2, 0.25) is 0 Å². The first-order valence-electron chi connectivity index (χ1n) is 5.16. The zero-order valence-electron chi connectivity index (χ0n) is 9.75. The number of aryl methyl sites for hydroxylation is 1. The summed E-state index contributed by atoms with van der Waals surface area (Å²) in [6.45, 7) is 1.93. The standard InChI is InChI=1S/C12H15NO4/c1-8-3-5-9(6-4-8)13(2)10(12(16)17)7-11(14)15/h3-6,10H,7H2,1-2H3,(H,14,15)(H,16,17). The van der Waals surface area contributed by atoms with Gasteiger partial charge < -0.3 is 15.1 Å². The molecule has 0 spiro atoms. The van der Waals surface area contributed by atoms with E-state index in [0.717, 1.165) is 5.56 Å². The number of carbonyl (C=O) groups is 2. The van der Waals surface area contributed by atoms with Crippen molar-refractivity contribution in [2.75, 3.05) is 11.9 Å². The van der Waals surface area contributed by atoms with Gasteiger partial charge in [-0.1, -0.05) is 17.7 Å². The number of carboxylic acids is 2. The van der Waals surface area contributed by atoms with Crippen molar-refractivity contribution in [1.82, 2.24) is 0 Å². The highest BCUT2D eigenvalue weighted by molar-refractivity contribution is 5.84. The summed E-state index contributed by atoms with van der Waals surface area (Å²) in [6.07, 6.45) is -0.431. The Kier molecular flexibility index (Phi) is 4.09.